The first-order valence-electron chi connectivity index (χ1n) is 15.1. The van der Waals surface area contributed by atoms with Crippen molar-refractivity contribution in [2.24, 2.45) is 22.6 Å². The van der Waals surface area contributed by atoms with E-state index in [-0.39, 0.29) is 24.1 Å². The summed E-state index contributed by atoms with van der Waals surface area (Å²) in [6.07, 6.45) is 2.50. The van der Waals surface area contributed by atoms with E-state index in [0.29, 0.717) is 41.6 Å². The number of ether oxygens (including phenoxy) is 1. The fraction of sp³-hybridized carbons (Fsp3) is 0.600. The van der Waals surface area contributed by atoms with Crippen LogP contribution in [-0.4, -0.2) is 88.7 Å². The van der Waals surface area contributed by atoms with E-state index < -0.39 is 5.91 Å². The van der Waals surface area contributed by atoms with Crippen LogP contribution in [0.4, 0.5) is 11.5 Å². The van der Waals surface area contributed by atoms with Gasteiger partial charge in [-0.25, -0.2) is 10.9 Å². The molecule has 7 atom stereocenters. The topological polar surface area (TPSA) is 124 Å². The second-order valence-corrected chi connectivity index (χ2v) is 13.4. The number of hydrogen-bond acceptors (Lipinski definition) is 11. The molecule has 1 aromatic heterocycles. The summed E-state index contributed by atoms with van der Waals surface area (Å²) in [6, 6.07) is 12.6. The minimum absolute atomic E-state index is 0.150. The summed E-state index contributed by atoms with van der Waals surface area (Å²) in [6.45, 7) is 12.8. The van der Waals surface area contributed by atoms with Crippen molar-refractivity contribution in [2.75, 3.05) is 42.8 Å². The summed E-state index contributed by atoms with van der Waals surface area (Å²) < 4.78 is 6.05. The number of carbonyl (C=O) groups excluding carboxylic acids is 1. The first-order valence-corrected chi connectivity index (χ1v) is 16.1. The fourth-order valence-corrected chi connectivity index (χ4v) is 8.50. The lowest BCUT2D eigenvalue weighted by atomic mass is 9.84. The largest absolute Gasteiger partial charge is 0.369 e. The second-order valence-electron chi connectivity index (χ2n) is 11.9. The maximum Gasteiger partial charge on any atom is 0.269 e. The van der Waals surface area contributed by atoms with Gasteiger partial charge in [-0.2, -0.15) is 0 Å². The van der Waals surface area contributed by atoms with Crippen LogP contribution in [0.25, 0.3) is 0 Å². The van der Waals surface area contributed by atoms with E-state index in [1.165, 1.54) is 17.0 Å². The third-order valence-electron chi connectivity index (χ3n) is 9.20. The number of anilines is 2. The van der Waals surface area contributed by atoms with Crippen molar-refractivity contribution in [3.8, 4) is 0 Å². The van der Waals surface area contributed by atoms with Crippen LogP contribution >= 0.6 is 11.8 Å². The normalized spacial score (nSPS) is 32.6. The number of aliphatic imine (C=N–C) groups is 1. The Hall–Kier alpha value is -2.77. The summed E-state index contributed by atoms with van der Waals surface area (Å²) in [5.74, 6) is 1.04. The number of rotatable bonds is 4. The fourth-order valence-electron chi connectivity index (χ4n) is 6.65. The average Bonchev–Trinajstić information content (AvgIpc) is 3.48. The van der Waals surface area contributed by atoms with Gasteiger partial charge in [0.1, 0.15) is 6.73 Å². The molecule has 42 heavy (non-hydrogen) atoms. The van der Waals surface area contributed by atoms with Gasteiger partial charge in [-0.3, -0.25) is 14.7 Å². The molecule has 226 valence electrons. The molecule has 3 saturated heterocycles. The van der Waals surface area contributed by atoms with Crippen molar-refractivity contribution in [3.05, 3.63) is 47.7 Å². The molecule has 6 unspecified atom stereocenters. The number of aromatic nitrogens is 2. The smallest absolute Gasteiger partial charge is 0.269 e. The molecule has 4 N–H and O–H groups in total. The van der Waals surface area contributed by atoms with Crippen LogP contribution in [0.5, 0.6) is 0 Å². The maximum absolute atomic E-state index is 11.3. The summed E-state index contributed by atoms with van der Waals surface area (Å²) >= 11 is 2.10. The van der Waals surface area contributed by atoms with Gasteiger partial charge in [-0.05, 0) is 62.4 Å². The van der Waals surface area contributed by atoms with E-state index in [1.54, 1.807) is 12.1 Å². The van der Waals surface area contributed by atoms with Gasteiger partial charge in [0, 0.05) is 42.2 Å². The van der Waals surface area contributed by atoms with Gasteiger partial charge in [0.15, 0.2) is 11.5 Å². The Bertz CT molecular complexity index is 1260. The van der Waals surface area contributed by atoms with Crippen molar-refractivity contribution in [2.45, 2.75) is 69.5 Å². The summed E-state index contributed by atoms with van der Waals surface area (Å²) in [7, 11) is 0. The highest BCUT2D eigenvalue weighted by Crippen LogP contribution is 2.49. The zero-order valence-electron chi connectivity index (χ0n) is 24.9. The van der Waals surface area contributed by atoms with Gasteiger partial charge in [-0.15, -0.1) is 22.0 Å². The molecule has 1 amide bonds. The lowest BCUT2D eigenvalue weighted by Gasteiger charge is -2.34. The third kappa shape index (κ3) is 5.74. The quantitative estimate of drug-likeness (QED) is 0.487. The molecule has 12 heteroatoms. The molecular weight excluding hydrogens is 550 g/mol. The first-order chi connectivity index (χ1) is 20.3. The molecule has 5 heterocycles. The van der Waals surface area contributed by atoms with Crippen molar-refractivity contribution < 1.29 is 9.53 Å². The van der Waals surface area contributed by atoms with E-state index >= 15 is 0 Å². The number of fused-ring (bicyclic) bond motifs is 3. The van der Waals surface area contributed by atoms with E-state index in [2.05, 4.69) is 99.5 Å². The van der Waals surface area contributed by atoms with Crippen LogP contribution in [0, 0.1) is 11.8 Å². The highest BCUT2D eigenvalue weighted by Gasteiger charge is 2.52. The molecule has 11 nitrogen and oxygen atoms in total. The first kappa shape index (κ1) is 29.3. The van der Waals surface area contributed by atoms with Gasteiger partial charge >= 0.3 is 0 Å². The minimum Gasteiger partial charge on any atom is -0.369 e. The number of carbonyl (C=O) groups is 1. The highest BCUT2D eigenvalue weighted by molar-refractivity contribution is 8.00. The van der Waals surface area contributed by atoms with Crippen LogP contribution in [0.3, 0.4) is 0 Å². The van der Waals surface area contributed by atoms with E-state index in [0.717, 1.165) is 32.5 Å². The average molecular weight is 594 g/mol. The van der Waals surface area contributed by atoms with Gasteiger partial charge in [-0.1, -0.05) is 26.0 Å². The molecule has 0 aliphatic carbocycles. The van der Waals surface area contributed by atoms with E-state index in [9.17, 15) is 4.79 Å². The molecule has 3 fully saturated rings. The summed E-state index contributed by atoms with van der Waals surface area (Å²) in [4.78, 5) is 23.8. The van der Waals surface area contributed by atoms with Crippen molar-refractivity contribution in [1.29, 1.82) is 0 Å². The molecule has 0 spiro atoms. The van der Waals surface area contributed by atoms with Gasteiger partial charge in [0.05, 0.1) is 30.4 Å². The molecule has 0 radical (unpaired) electrons. The second kappa shape index (κ2) is 12.5. The van der Waals surface area contributed by atoms with E-state index in [4.69, 9.17) is 15.5 Å². The van der Waals surface area contributed by atoms with E-state index in [1.807, 2.05) is 0 Å². The number of nitrogens with zero attached hydrogens (tertiary/aromatic N) is 6. The monoisotopic (exact) mass is 593 g/mol. The van der Waals surface area contributed by atoms with Crippen LogP contribution in [0.2, 0.25) is 0 Å². The predicted molar refractivity (Wildman–Crippen MR) is 167 cm³/mol. The predicted octanol–water partition coefficient (Wildman–Crippen LogP) is 2.64. The standard InChI is InChI=1S/C30H43N9O2S/c1-18-20(3)42-30-26(18)27(32-19(2)29-36-33-21(4)39(29)30)22-7-9-23(10-8-22)37-13-5-6-14-38(17-41-16-15-37)25-12-11-24(28(31)40)34-35-25/h7-12,18-21,26,29-30,33,36H,5-6,13-17H2,1-4H3,(H2,31,40)/t18?,19-,20?,21?,26?,29?,30?/m0/s1. The summed E-state index contributed by atoms with van der Waals surface area (Å²) in [5.41, 5.74) is 16.1. The van der Waals surface area contributed by atoms with Gasteiger partial charge < -0.3 is 20.3 Å². The number of benzene rings is 1. The van der Waals surface area contributed by atoms with Crippen molar-refractivity contribution >= 4 is 34.9 Å². The molecular formula is C30H43N9O2S. The number of primary amides is 1. The molecule has 1 aromatic carbocycles. The Kier molecular flexibility index (Phi) is 8.69. The Balaban J connectivity index is 1.14. The lowest BCUT2D eigenvalue weighted by Crippen LogP contribution is -2.49. The van der Waals surface area contributed by atoms with Gasteiger partial charge in [0.25, 0.3) is 5.91 Å². The molecule has 4 aliphatic heterocycles. The number of nitrogens with one attached hydrogen (secondary N) is 2. The Labute approximate surface area is 252 Å². The number of hydrogen-bond donors (Lipinski definition) is 3. The van der Waals surface area contributed by atoms with Gasteiger partial charge in [0.2, 0.25) is 0 Å². The molecule has 0 bridgehead atoms. The minimum atomic E-state index is -0.577. The van der Waals surface area contributed by atoms with Crippen LogP contribution < -0.4 is 26.4 Å². The number of hydrazine groups is 1. The molecule has 4 aliphatic rings. The highest BCUT2D eigenvalue weighted by atomic mass is 32.2. The summed E-state index contributed by atoms with van der Waals surface area (Å²) in [5, 5.41) is 9.11. The maximum atomic E-state index is 11.3. The van der Waals surface area contributed by atoms with Crippen LogP contribution in [0.15, 0.2) is 41.4 Å². The lowest BCUT2D eigenvalue weighted by molar-refractivity contribution is 0.0994. The van der Waals surface area contributed by atoms with Crippen LogP contribution in [0.1, 0.15) is 56.6 Å². The molecule has 6 rings (SSSR count). The molecule has 0 saturated carbocycles. The number of nitrogens with two attached hydrogens (primary N) is 1. The molecule has 2 aromatic rings. The number of thioether (sulfide) groups is 1. The van der Waals surface area contributed by atoms with Crippen molar-refractivity contribution in [3.63, 3.8) is 0 Å². The zero-order valence-corrected chi connectivity index (χ0v) is 25.8. The Morgan fingerprint density at radius 1 is 0.976 bits per heavy atom. The van der Waals surface area contributed by atoms with Crippen LogP contribution in [-0.2, 0) is 4.74 Å². The zero-order chi connectivity index (χ0) is 29.4. The third-order valence-corrected chi connectivity index (χ3v) is 10.9. The Morgan fingerprint density at radius 2 is 1.74 bits per heavy atom. The van der Waals surface area contributed by atoms with Crippen molar-refractivity contribution in [1.82, 2.24) is 25.9 Å². The SMILES string of the molecule is CC1SC2C(C(c3ccc(N4CCCCN(c5ccc(C(N)=O)nn5)COCC4)cc3)=N[C@@H](C)C3NNC(C)N23)C1C. The number of amides is 1. The Morgan fingerprint density at radius 3 is 2.45 bits per heavy atom.